The van der Waals surface area contributed by atoms with Crippen molar-refractivity contribution >= 4 is 11.6 Å². The Morgan fingerprint density at radius 3 is 2.58 bits per heavy atom. The van der Waals surface area contributed by atoms with Crippen LogP contribution in [0.15, 0.2) is 30.3 Å². The molecule has 1 rings (SSSR count). The SMILES string of the molecule is OCCNC(Cl)c1ccccc1. The van der Waals surface area contributed by atoms with Crippen LogP contribution in [0.25, 0.3) is 0 Å². The molecule has 0 aromatic heterocycles. The number of hydrogen-bond acceptors (Lipinski definition) is 2. The summed E-state index contributed by atoms with van der Waals surface area (Å²) in [6.45, 7) is 0.624. The first-order chi connectivity index (χ1) is 5.84. The summed E-state index contributed by atoms with van der Waals surface area (Å²) in [4.78, 5) is 0. The fourth-order valence-electron chi connectivity index (χ4n) is 0.931. The van der Waals surface area contributed by atoms with E-state index in [0.717, 1.165) is 5.56 Å². The van der Waals surface area contributed by atoms with Crippen molar-refractivity contribution in [3.63, 3.8) is 0 Å². The molecule has 1 aromatic carbocycles. The third kappa shape index (κ3) is 2.81. The van der Waals surface area contributed by atoms with E-state index < -0.39 is 0 Å². The predicted molar refractivity (Wildman–Crippen MR) is 50.1 cm³/mol. The van der Waals surface area contributed by atoms with Crippen LogP contribution in [0.4, 0.5) is 0 Å². The van der Waals surface area contributed by atoms with E-state index >= 15 is 0 Å². The molecule has 0 amide bonds. The molecule has 0 bridgehead atoms. The normalized spacial score (nSPS) is 12.8. The summed E-state index contributed by atoms with van der Waals surface area (Å²) in [5.41, 5.74) is 0.811. The van der Waals surface area contributed by atoms with E-state index in [1.165, 1.54) is 0 Å². The molecule has 0 radical (unpaired) electrons. The standard InChI is InChI=1S/C9H12ClNO/c10-9(11-6-7-12)8-4-2-1-3-5-8/h1-5,9,11-12H,6-7H2. The minimum atomic E-state index is -0.210. The van der Waals surface area contributed by atoms with Gasteiger partial charge in [-0.1, -0.05) is 30.3 Å². The Balaban J connectivity index is 2.48. The zero-order valence-corrected chi connectivity index (χ0v) is 7.46. The van der Waals surface area contributed by atoms with E-state index in [1.54, 1.807) is 0 Å². The van der Waals surface area contributed by atoms with Crippen molar-refractivity contribution in [2.45, 2.75) is 5.50 Å². The molecular formula is C9H12ClNO. The first kappa shape index (κ1) is 9.52. The van der Waals surface area contributed by atoms with Crippen LogP contribution in [-0.4, -0.2) is 18.3 Å². The predicted octanol–water partition coefficient (Wildman–Crippen LogP) is 1.51. The highest BCUT2D eigenvalue weighted by Crippen LogP contribution is 2.15. The van der Waals surface area contributed by atoms with E-state index in [0.29, 0.717) is 6.54 Å². The number of aliphatic hydroxyl groups excluding tert-OH is 1. The minimum Gasteiger partial charge on any atom is -0.395 e. The summed E-state index contributed by atoms with van der Waals surface area (Å²) in [7, 11) is 0. The van der Waals surface area contributed by atoms with Crippen molar-refractivity contribution in [1.82, 2.24) is 5.32 Å². The molecule has 0 heterocycles. The maximum absolute atomic E-state index is 8.54. The minimum absolute atomic E-state index is 0.107. The molecule has 0 fully saturated rings. The molecule has 0 aliphatic rings. The third-order valence-electron chi connectivity index (χ3n) is 1.53. The Morgan fingerprint density at radius 1 is 1.33 bits per heavy atom. The summed E-state index contributed by atoms with van der Waals surface area (Å²) in [6, 6.07) is 9.71. The Bertz CT molecular complexity index is 215. The van der Waals surface area contributed by atoms with Gasteiger partial charge in [-0.15, -0.1) is 11.6 Å². The number of rotatable bonds is 4. The van der Waals surface area contributed by atoms with Crippen molar-refractivity contribution in [3.8, 4) is 0 Å². The highest BCUT2D eigenvalue weighted by molar-refractivity contribution is 6.20. The quantitative estimate of drug-likeness (QED) is 0.551. The maximum Gasteiger partial charge on any atom is 0.108 e. The number of alkyl halides is 1. The lowest BCUT2D eigenvalue weighted by atomic mass is 10.2. The number of halogens is 1. The highest BCUT2D eigenvalue weighted by atomic mass is 35.5. The summed E-state index contributed by atoms with van der Waals surface area (Å²) < 4.78 is 0. The number of hydrogen-bond donors (Lipinski definition) is 2. The second-order valence-corrected chi connectivity index (χ2v) is 2.89. The molecule has 0 aliphatic carbocycles. The topological polar surface area (TPSA) is 32.3 Å². The second kappa shape index (κ2) is 5.14. The highest BCUT2D eigenvalue weighted by Gasteiger charge is 2.03. The first-order valence-corrected chi connectivity index (χ1v) is 4.31. The van der Waals surface area contributed by atoms with Crippen molar-refractivity contribution in [2.24, 2.45) is 0 Å². The van der Waals surface area contributed by atoms with Gasteiger partial charge in [0, 0.05) is 6.54 Å². The first-order valence-electron chi connectivity index (χ1n) is 3.88. The molecule has 3 heteroatoms. The second-order valence-electron chi connectivity index (χ2n) is 2.45. The van der Waals surface area contributed by atoms with Gasteiger partial charge in [-0.25, -0.2) is 0 Å². The van der Waals surface area contributed by atoms with Crippen LogP contribution >= 0.6 is 11.6 Å². The summed E-state index contributed by atoms with van der Waals surface area (Å²) >= 11 is 5.96. The fourth-order valence-corrected chi connectivity index (χ4v) is 1.19. The van der Waals surface area contributed by atoms with E-state index in [1.807, 2.05) is 30.3 Å². The van der Waals surface area contributed by atoms with Crippen molar-refractivity contribution < 1.29 is 5.11 Å². The molecule has 0 saturated carbocycles. The van der Waals surface area contributed by atoms with Crippen LogP contribution in [-0.2, 0) is 0 Å². The Labute approximate surface area is 77.2 Å². The van der Waals surface area contributed by atoms with E-state index in [4.69, 9.17) is 16.7 Å². The summed E-state index contributed by atoms with van der Waals surface area (Å²) in [6.07, 6.45) is 0. The maximum atomic E-state index is 8.54. The summed E-state index contributed by atoms with van der Waals surface area (Å²) in [5.74, 6) is 0. The Hall–Kier alpha value is -0.570. The van der Waals surface area contributed by atoms with Crippen molar-refractivity contribution in [2.75, 3.05) is 13.2 Å². The molecule has 2 N–H and O–H groups in total. The van der Waals surface area contributed by atoms with Gasteiger partial charge in [0.1, 0.15) is 5.50 Å². The molecular weight excluding hydrogens is 174 g/mol. The third-order valence-corrected chi connectivity index (χ3v) is 1.93. The van der Waals surface area contributed by atoms with E-state index in [-0.39, 0.29) is 12.1 Å². The van der Waals surface area contributed by atoms with E-state index in [2.05, 4.69) is 5.32 Å². The van der Waals surface area contributed by atoms with Gasteiger partial charge in [0.25, 0.3) is 0 Å². The van der Waals surface area contributed by atoms with Crippen LogP contribution in [0, 0.1) is 0 Å². The molecule has 1 aromatic rings. The van der Waals surface area contributed by atoms with Crippen molar-refractivity contribution in [1.29, 1.82) is 0 Å². The zero-order valence-electron chi connectivity index (χ0n) is 6.70. The largest absolute Gasteiger partial charge is 0.395 e. The monoisotopic (exact) mass is 185 g/mol. The van der Waals surface area contributed by atoms with Crippen LogP contribution in [0.1, 0.15) is 11.1 Å². The zero-order chi connectivity index (χ0) is 8.81. The van der Waals surface area contributed by atoms with Gasteiger partial charge in [0.2, 0.25) is 0 Å². The van der Waals surface area contributed by atoms with Gasteiger partial charge < -0.3 is 5.11 Å². The lowest BCUT2D eigenvalue weighted by Gasteiger charge is -2.10. The average molecular weight is 186 g/mol. The lowest BCUT2D eigenvalue weighted by molar-refractivity contribution is 0.291. The molecule has 0 aliphatic heterocycles. The summed E-state index contributed by atoms with van der Waals surface area (Å²) in [5, 5.41) is 11.5. The van der Waals surface area contributed by atoms with Gasteiger partial charge in [-0.05, 0) is 5.56 Å². The number of nitrogens with one attached hydrogen (secondary N) is 1. The van der Waals surface area contributed by atoms with Crippen LogP contribution in [0.5, 0.6) is 0 Å². The van der Waals surface area contributed by atoms with Gasteiger partial charge >= 0.3 is 0 Å². The Kier molecular flexibility index (Phi) is 4.08. The smallest absolute Gasteiger partial charge is 0.108 e. The van der Waals surface area contributed by atoms with Gasteiger partial charge in [0.05, 0.1) is 6.61 Å². The molecule has 1 unspecified atom stereocenters. The molecule has 66 valence electrons. The number of aliphatic hydroxyl groups is 1. The molecule has 12 heavy (non-hydrogen) atoms. The van der Waals surface area contributed by atoms with Gasteiger partial charge in [-0.3, -0.25) is 5.32 Å². The van der Waals surface area contributed by atoms with Crippen molar-refractivity contribution in [3.05, 3.63) is 35.9 Å². The van der Waals surface area contributed by atoms with Crippen LogP contribution < -0.4 is 5.32 Å². The molecule has 1 atom stereocenters. The molecule has 2 nitrogen and oxygen atoms in total. The lowest BCUT2D eigenvalue weighted by Crippen LogP contribution is -2.20. The van der Waals surface area contributed by atoms with Gasteiger partial charge in [0.15, 0.2) is 0 Å². The van der Waals surface area contributed by atoms with E-state index in [9.17, 15) is 0 Å². The van der Waals surface area contributed by atoms with Gasteiger partial charge in [-0.2, -0.15) is 0 Å². The van der Waals surface area contributed by atoms with Crippen LogP contribution in [0.3, 0.4) is 0 Å². The number of benzene rings is 1. The molecule has 0 spiro atoms. The van der Waals surface area contributed by atoms with Crippen LogP contribution in [0.2, 0.25) is 0 Å². The molecule has 0 saturated heterocycles. The Morgan fingerprint density at radius 2 is 2.00 bits per heavy atom. The average Bonchev–Trinajstić information content (AvgIpc) is 2.15. The fraction of sp³-hybridized carbons (Fsp3) is 0.333.